The standard InChI is InChI=1S/C14H19N5O2/c1-9-13(10(2)17-8-16-9)14(21)19(4-5-20)7-12-6-15-11(3)18-12/h6,8,20H,4-5,7H2,1-3H3,(H,15,18). The molecular weight excluding hydrogens is 270 g/mol. The van der Waals surface area contributed by atoms with Crippen LogP contribution in [0.15, 0.2) is 12.5 Å². The summed E-state index contributed by atoms with van der Waals surface area (Å²) in [5.41, 5.74) is 2.58. The lowest BCUT2D eigenvalue weighted by molar-refractivity contribution is 0.0703. The van der Waals surface area contributed by atoms with E-state index in [-0.39, 0.29) is 19.1 Å². The average Bonchev–Trinajstić information content (AvgIpc) is 2.83. The van der Waals surface area contributed by atoms with Crippen LogP contribution in [-0.4, -0.2) is 49.0 Å². The number of hydrogen-bond donors (Lipinski definition) is 2. The van der Waals surface area contributed by atoms with Gasteiger partial charge in [0, 0.05) is 6.54 Å². The number of aliphatic hydroxyl groups excluding tert-OH is 1. The van der Waals surface area contributed by atoms with Gasteiger partial charge in [-0.25, -0.2) is 15.0 Å². The van der Waals surface area contributed by atoms with E-state index in [0.717, 1.165) is 11.5 Å². The minimum absolute atomic E-state index is 0.107. The van der Waals surface area contributed by atoms with E-state index in [1.807, 2.05) is 6.92 Å². The van der Waals surface area contributed by atoms with Crippen LogP contribution in [0, 0.1) is 20.8 Å². The Kier molecular flexibility index (Phi) is 4.64. The molecule has 0 aliphatic rings. The first-order valence-electron chi connectivity index (χ1n) is 6.71. The Balaban J connectivity index is 2.27. The smallest absolute Gasteiger partial charge is 0.257 e. The molecule has 0 saturated carbocycles. The number of imidazole rings is 1. The molecule has 0 aliphatic carbocycles. The second-order valence-electron chi connectivity index (χ2n) is 4.86. The van der Waals surface area contributed by atoms with Gasteiger partial charge in [0.2, 0.25) is 0 Å². The summed E-state index contributed by atoms with van der Waals surface area (Å²) < 4.78 is 0. The monoisotopic (exact) mass is 289 g/mol. The van der Waals surface area contributed by atoms with E-state index >= 15 is 0 Å². The van der Waals surface area contributed by atoms with Crippen LogP contribution < -0.4 is 0 Å². The third kappa shape index (κ3) is 3.43. The predicted octanol–water partition coefficient (Wildman–Crippen LogP) is 0.760. The van der Waals surface area contributed by atoms with Crippen LogP contribution in [0.25, 0.3) is 0 Å². The SMILES string of the molecule is Cc1ncc(CN(CCO)C(=O)c2c(C)ncnc2C)[nH]1. The van der Waals surface area contributed by atoms with Gasteiger partial charge in [-0.2, -0.15) is 0 Å². The number of aromatic nitrogens is 4. The molecule has 0 radical (unpaired) electrons. The molecule has 1 amide bonds. The lowest BCUT2D eigenvalue weighted by Gasteiger charge is -2.22. The Labute approximate surface area is 123 Å². The highest BCUT2D eigenvalue weighted by Crippen LogP contribution is 2.14. The highest BCUT2D eigenvalue weighted by molar-refractivity contribution is 5.96. The third-order valence-corrected chi connectivity index (χ3v) is 3.21. The molecular formula is C14H19N5O2. The number of carbonyl (C=O) groups excluding carboxylic acids is 1. The number of hydrogen-bond acceptors (Lipinski definition) is 5. The summed E-state index contributed by atoms with van der Waals surface area (Å²) >= 11 is 0. The molecule has 0 aromatic carbocycles. The topological polar surface area (TPSA) is 95.0 Å². The molecule has 0 bridgehead atoms. The fourth-order valence-electron chi connectivity index (χ4n) is 2.19. The number of aliphatic hydroxyl groups is 1. The van der Waals surface area contributed by atoms with E-state index in [1.165, 1.54) is 6.33 Å². The molecule has 0 spiro atoms. The van der Waals surface area contributed by atoms with Gasteiger partial charge in [0.25, 0.3) is 5.91 Å². The maximum absolute atomic E-state index is 12.7. The van der Waals surface area contributed by atoms with Crippen LogP contribution in [0.1, 0.15) is 33.3 Å². The van der Waals surface area contributed by atoms with Crippen molar-refractivity contribution < 1.29 is 9.90 Å². The summed E-state index contributed by atoms with van der Waals surface area (Å²) in [5.74, 6) is 0.601. The number of rotatable bonds is 5. The molecule has 2 aromatic heterocycles. The van der Waals surface area contributed by atoms with Crippen molar-refractivity contribution in [1.82, 2.24) is 24.8 Å². The summed E-state index contributed by atoms with van der Waals surface area (Å²) in [7, 11) is 0. The zero-order valence-corrected chi connectivity index (χ0v) is 12.4. The fraction of sp³-hybridized carbons (Fsp3) is 0.429. The van der Waals surface area contributed by atoms with Crippen molar-refractivity contribution in [3.8, 4) is 0 Å². The van der Waals surface area contributed by atoms with Gasteiger partial charge in [-0.3, -0.25) is 4.79 Å². The van der Waals surface area contributed by atoms with Gasteiger partial charge >= 0.3 is 0 Å². The highest BCUT2D eigenvalue weighted by atomic mass is 16.3. The summed E-state index contributed by atoms with van der Waals surface area (Å²) in [6.45, 7) is 5.89. The van der Waals surface area contributed by atoms with E-state index in [1.54, 1.807) is 24.9 Å². The van der Waals surface area contributed by atoms with Gasteiger partial charge in [-0.1, -0.05) is 0 Å². The molecule has 21 heavy (non-hydrogen) atoms. The molecule has 0 aliphatic heterocycles. The average molecular weight is 289 g/mol. The first-order valence-corrected chi connectivity index (χ1v) is 6.71. The van der Waals surface area contributed by atoms with Gasteiger partial charge in [-0.05, 0) is 20.8 Å². The second-order valence-corrected chi connectivity index (χ2v) is 4.86. The van der Waals surface area contributed by atoms with Crippen molar-refractivity contribution >= 4 is 5.91 Å². The van der Waals surface area contributed by atoms with Crippen LogP contribution in [0.5, 0.6) is 0 Å². The van der Waals surface area contributed by atoms with E-state index in [9.17, 15) is 9.90 Å². The van der Waals surface area contributed by atoms with Crippen LogP contribution in [0.4, 0.5) is 0 Å². The van der Waals surface area contributed by atoms with E-state index < -0.39 is 0 Å². The molecule has 0 atom stereocenters. The largest absolute Gasteiger partial charge is 0.395 e. The molecule has 2 N–H and O–H groups in total. The van der Waals surface area contributed by atoms with Crippen LogP contribution in [0.3, 0.4) is 0 Å². The minimum atomic E-state index is -0.188. The minimum Gasteiger partial charge on any atom is -0.395 e. The Morgan fingerprint density at radius 2 is 1.90 bits per heavy atom. The number of nitrogens with zero attached hydrogens (tertiary/aromatic N) is 4. The van der Waals surface area contributed by atoms with E-state index in [2.05, 4.69) is 19.9 Å². The van der Waals surface area contributed by atoms with Crippen molar-refractivity contribution in [3.63, 3.8) is 0 Å². The molecule has 2 aromatic rings. The molecule has 0 unspecified atom stereocenters. The fourth-order valence-corrected chi connectivity index (χ4v) is 2.19. The van der Waals surface area contributed by atoms with E-state index in [0.29, 0.717) is 23.5 Å². The molecule has 0 fully saturated rings. The first kappa shape index (κ1) is 15.1. The first-order chi connectivity index (χ1) is 10.0. The highest BCUT2D eigenvalue weighted by Gasteiger charge is 2.21. The Morgan fingerprint density at radius 1 is 1.24 bits per heavy atom. The van der Waals surface area contributed by atoms with Gasteiger partial charge in [0.15, 0.2) is 0 Å². The second kappa shape index (κ2) is 6.45. The molecule has 7 heteroatoms. The zero-order valence-electron chi connectivity index (χ0n) is 12.4. The van der Waals surface area contributed by atoms with Crippen molar-refractivity contribution in [2.24, 2.45) is 0 Å². The molecule has 7 nitrogen and oxygen atoms in total. The summed E-state index contributed by atoms with van der Waals surface area (Å²) in [6, 6.07) is 0. The van der Waals surface area contributed by atoms with Crippen LogP contribution in [-0.2, 0) is 6.54 Å². The van der Waals surface area contributed by atoms with Crippen LogP contribution >= 0.6 is 0 Å². The lowest BCUT2D eigenvalue weighted by Crippen LogP contribution is -2.34. The van der Waals surface area contributed by atoms with Crippen LogP contribution in [0.2, 0.25) is 0 Å². The van der Waals surface area contributed by atoms with Crippen molar-refractivity contribution in [2.75, 3.05) is 13.2 Å². The quantitative estimate of drug-likeness (QED) is 0.847. The maximum Gasteiger partial charge on any atom is 0.257 e. The molecule has 0 saturated heterocycles. The molecule has 112 valence electrons. The van der Waals surface area contributed by atoms with Gasteiger partial charge < -0.3 is 15.0 Å². The van der Waals surface area contributed by atoms with Gasteiger partial charge in [0.1, 0.15) is 12.2 Å². The number of nitrogens with one attached hydrogen (secondary N) is 1. The number of carbonyl (C=O) groups is 1. The maximum atomic E-state index is 12.7. The Hall–Kier alpha value is -2.28. The van der Waals surface area contributed by atoms with Crippen molar-refractivity contribution in [1.29, 1.82) is 0 Å². The molecule has 2 rings (SSSR count). The van der Waals surface area contributed by atoms with Crippen molar-refractivity contribution in [3.05, 3.63) is 41.0 Å². The third-order valence-electron chi connectivity index (χ3n) is 3.21. The van der Waals surface area contributed by atoms with Gasteiger partial charge in [-0.15, -0.1) is 0 Å². The number of aryl methyl sites for hydroxylation is 3. The number of H-pyrrole nitrogens is 1. The van der Waals surface area contributed by atoms with E-state index in [4.69, 9.17) is 0 Å². The summed E-state index contributed by atoms with van der Waals surface area (Å²) in [5, 5.41) is 9.20. The molecule has 2 heterocycles. The normalized spacial score (nSPS) is 10.7. The summed E-state index contributed by atoms with van der Waals surface area (Å²) in [4.78, 5) is 29.6. The predicted molar refractivity (Wildman–Crippen MR) is 76.7 cm³/mol. The number of aromatic amines is 1. The number of amides is 1. The lowest BCUT2D eigenvalue weighted by atomic mass is 10.1. The van der Waals surface area contributed by atoms with Gasteiger partial charge in [0.05, 0.1) is 42.0 Å². The van der Waals surface area contributed by atoms with Crippen molar-refractivity contribution in [2.45, 2.75) is 27.3 Å². The zero-order chi connectivity index (χ0) is 15.4. The summed E-state index contributed by atoms with van der Waals surface area (Å²) in [6.07, 6.45) is 3.13. The Morgan fingerprint density at radius 3 is 2.43 bits per heavy atom. The Bertz CT molecular complexity index is 618.